The molecule has 0 bridgehead atoms. The summed E-state index contributed by atoms with van der Waals surface area (Å²) in [7, 11) is 0. The molecule has 390 valence electrons. The summed E-state index contributed by atoms with van der Waals surface area (Å²) in [6.07, 6.45) is 6.78. The van der Waals surface area contributed by atoms with Gasteiger partial charge in [0.05, 0.1) is 38.6 Å². The Balaban J connectivity index is 0.889. The summed E-state index contributed by atoms with van der Waals surface area (Å²) < 4.78 is 17.3. The van der Waals surface area contributed by atoms with E-state index >= 15 is 0 Å². The van der Waals surface area contributed by atoms with Crippen molar-refractivity contribution in [2.24, 2.45) is 0 Å². The van der Waals surface area contributed by atoms with Crippen molar-refractivity contribution < 1.29 is 4.74 Å². The number of para-hydroxylation sites is 5. The molecule has 2 aliphatic rings. The van der Waals surface area contributed by atoms with Crippen molar-refractivity contribution in [3.05, 3.63) is 240 Å². The Morgan fingerprint density at radius 2 is 0.753 bits per heavy atom. The molecule has 4 aromatic heterocycles. The number of hydrogen-bond acceptors (Lipinski definition) is 1. The minimum Gasteiger partial charge on any atom is -0.458 e. The summed E-state index contributed by atoms with van der Waals surface area (Å²) in [5.41, 5.74) is 23.5. The molecular formula is C75H61BN4O. The predicted octanol–water partition coefficient (Wildman–Crippen LogP) is 17.9. The molecule has 5 heterocycles. The Bertz CT molecular complexity index is 4890. The second-order valence-electron chi connectivity index (χ2n) is 23.7. The van der Waals surface area contributed by atoms with Gasteiger partial charge in [-0.2, -0.15) is 0 Å². The van der Waals surface area contributed by atoms with Gasteiger partial charge >= 0.3 is 0 Å². The van der Waals surface area contributed by atoms with E-state index in [0.29, 0.717) is 17.8 Å². The molecule has 0 fully saturated rings. The van der Waals surface area contributed by atoms with Gasteiger partial charge in [0.2, 0.25) is 0 Å². The van der Waals surface area contributed by atoms with Gasteiger partial charge in [-0.25, -0.2) is 0 Å². The van der Waals surface area contributed by atoms with E-state index in [1.165, 1.54) is 110 Å². The first-order valence-electron chi connectivity index (χ1n) is 29.2. The third kappa shape index (κ3) is 7.12. The van der Waals surface area contributed by atoms with Gasteiger partial charge in [0.15, 0.2) is 0 Å². The zero-order chi connectivity index (χ0) is 54.4. The Morgan fingerprint density at radius 1 is 0.370 bits per heavy atom. The van der Waals surface area contributed by atoms with Crippen molar-refractivity contribution >= 4 is 105 Å². The normalized spacial score (nSPS) is 13.3. The van der Waals surface area contributed by atoms with Crippen LogP contribution in [0, 0.1) is 0 Å². The zero-order valence-corrected chi connectivity index (χ0v) is 46.7. The molecule has 0 radical (unpaired) electrons. The third-order valence-electron chi connectivity index (χ3n) is 18.1. The Kier molecular flexibility index (Phi) is 10.7. The van der Waals surface area contributed by atoms with E-state index in [1.54, 1.807) is 0 Å². The second kappa shape index (κ2) is 18.1. The second-order valence-corrected chi connectivity index (χ2v) is 23.7. The lowest BCUT2D eigenvalue weighted by molar-refractivity contribution is 0.487. The van der Waals surface area contributed by atoms with Gasteiger partial charge in [0.1, 0.15) is 11.5 Å². The standard InChI is InChI=1S/C75H61BN4O/c1-45(2)48-39-59(46(3)4)75(60(40-48)47(5)6)76-63-35-31-51(79-69-29-17-11-23-57(69)61-41-49(33-37-71(61)79)77-65-25-13-7-19-53(65)54-20-8-14-26-66(54)77)43-73(63)81-74-44-52(32-36-64(74)76)80-70-30-18-12-24-58(70)62-42-50(34-38-72(62)80)78-67-27-15-9-21-55(67)56-22-10-16-28-68(56)78/h7-9,11-21,23-47H,10,22H2,1-6H3. The molecule has 0 amide bonds. The topological polar surface area (TPSA) is 28.9 Å². The molecule has 14 aromatic rings. The van der Waals surface area contributed by atoms with E-state index in [9.17, 15) is 0 Å². The SMILES string of the molecule is CC(C)c1cc(C(C)C)c(B2c3ccc(-n4c5ccccc5c5cc(-n6c7c(c8ccccc86)CCC=C7)ccc54)cc3Oc3cc(-n4c5ccccc5c5cc(-n6c7ccccc7c7ccccc76)ccc54)ccc32)c(C(C)C)c1. The maximum atomic E-state index is 7.49. The van der Waals surface area contributed by atoms with Crippen LogP contribution in [-0.2, 0) is 6.42 Å². The van der Waals surface area contributed by atoms with Crippen LogP contribution in [0.5, 0.6) is 11.5 Å². The molecule has 10 aromatic carbocycles. The summed E-state index contributed by atoms with van der Waals surface area (Å²) in [6.45, 7) is 14.1. The van der Waals surface area contributed by atoms with E-state index in [-0.39, 0.29) is 6.71 Å². The van der Waals surface area contributed by atoms with Crippen LogP contribution in [0.4, 0.5) is 0 Å². The molecule has 1 aliphatic heterocycles. The average Bonchev–Trinajstić information content (AvgIpc) is 4.32. The van der Waals surface area contributed by atoms with Crippen molar-refractivity contribution in [2.45, 2.75) is 72.1 Å². The van der Waals surface area contributed by atoms with E-state index in [2.05, 4.69) is 278 Å². The quantitative estimate of drug-likeness (QED) is 0.139. The molecule has 16 rings (SSSR count). The van der Waals surface area contributed by atoms with E-state index in [1.807, 2.05) is 0 Å². The smallest absolute Gasteiger partial charge is 0.251 e. The van der Waals surface area contributed by atoms with Gasteiger partial charge in [-0.3, -0.25) is 0 Å². The van der Waals surface area contributed by atoms with E-state index in [4.69, 9.17) is 4.74 Å². The number of hydrogen-bond donors (Lipinski definition) is 0. The average molecular weight is 1050 g/mol. The number of benzene rings is 10. The first kappa shape index (κ1) is 47.7. The van der Waals surface area contributed by atoms with Crippen LogP contribution in [0.2, 0.25) is 0 Å². The summed E-state index contributed by atoms with van der Waals surface area (Å²) in [5, 5.41) is 8.74. The van der Waals surface area contributed by atoms with Crippen LogP contribution in [0.25, 0.3) is 105 Å². The highest BCUT2D eigenvalue weighted by atomic mass is 16.5. The van der Waals surface area contributed by atoms with Crippen molar-refractivity contribution in [1.29, 1.82) is 0 Å². The van der Waals surface area contributed by atoms with Crippen LogP contribution in [0.15, 0.2) is 212 Å². The van der Waals surface area contributed by atoms with Crippen LogP contribution >= 0.6 is 0 Å². The summed E-state index contributed by atoms with van der Waals surface area (Å²) in [6, 6.07) is 77.4. The maximum absolute atomic E-state index is 7.49. The molecule has 0 atom stereocenters. The zero-order valence-electron chi connectivity index (χ0n) is 46.7. The highest BCUT2D eigenvalue weighted by molar-refractivity contribution is 6.97. The molecule has 0 saturated heterocycles. The summed E-state index contributed by atoms with van der Waals surface area (Å²) in [5.74, 6) is 2.80. The minimum atomic E-state index is -0.0631. The third-order valence-corrected chi connectivity index (χ3v) is 18.1. The van der Waals surface area contributed by atoms with Crippen molar-refractivity contribution in [3.8, 4) is 34.2 Å². The molecule has 5 nitrogen and oxygen atoms in total. The molecule has 81 heavy (non-hydrogen) atoms. The predicted molar refractivity (Wildman–Crippen MR) is 344 cm³/mol. The Morgan fingerprint density at radius 3 is 1.21 bits per heavy atom. The molecule has 0 N–H and O–H groups in total. The van der Waals surface area contributed by atoms with Crippen LogP contribution in [-0.4, -0.2) is 25.0 Å². The number of aryl methyl sites for hydroxylation is 1. The molecule has 1 aliphatic carbocycles. The lowest BCUT2D eigenvalue weighted by Gasteiger charge is -2.32. The largest absolute Gasteiger partial charge is 0.458 e. The monoisotopic (exact) mass is 1040 g/mol. The number of fused-ring (bicyclic) bond motifs is 14. The number of aromatic nitrogens is 4. The lowest BCUT2D eigenvalue weighted by Crippen LogP contribution is -2.57. The number of allylic oxidation sites excluding steroid dienone is 1. The Hall–Kier alpha value is -9.26. The van der Waals surface area contributed by atoms with Gasteiger partial charge in [-0.05, 0) is 149 Å². The highest BCUT2D eigenvalue weighted by Crippen LogP contribution is 2.42. The molecule has 0 spiro atoms. The van der Waals surface area contributed by atoms with Crippen molar-refractivity contribution in [1.82, 2.24) is 18.3 Å². The number of ether oxygens (including phenoxy) is 1. The number of rotatable bonds is 8. The van der Waals surface area contributed by atoms with Crippen molar-refractivity contribution in [3.63, 3.8) is 0 Å². The lowest BCUT2D eigenvalue weighted by atomic mass is 9.34. The fraction of sp³-hybridized carbons (Fsp3) is 0.147. The molecule has 0 unspecified atom stereocenters. The van der Waals surface area contributed by atoms with Crippen molar-refractivity contribution in [2.75, 3.05) is 0 Å². The van der Waals surface area contributed by atoms with Gasteiger partial charge in [-0.1, -0.05) is 168 Å². The minimum absolute atomic E-state index is 0.0631. The first-order chi connectivity index (χ1) is 39.7. The summed E-state index contributed by atoms with van der Waals surface area (Å²) in [4.78, 5) is 0. The molecule has 0 saturated carbocycles. The van der Waals surface area contributed by atoms with Crippen LogP contribution in [0.1, 0.15) is 93.7 Å². The molecular weight excluding hydrogens is 984 g/mol. The molecule has 6 heteroatoms. The van der Waals surface area contributed by atoms with E-state index < -0.39 is 0 Å². The highest BCUT2D eigenvalue weighted by Gasteiger charge is 2.38. The van der Waals surface area contributed by atoms with Crippen LogP contribution in [0.3, 0.4) is 0 Å². The van der Waals surface area contributed by atoms with Crippen LogP contribution < -0.4 is 21.1 Å². The fourth-order valence-corrected chi connectivity index (χ4v) is 14.3. The van der Waals surface area contributed by atoms with Gasteiger partial charge in [0.25, 0.3) is 6.71 Å². The number of nitrogens with zero attached hydrogens (tertiary/aromatic N) is 4. The maximum Gasteiger partial charge on any atom is 0.251 e. The first-order valence-corrected chi connectivity index (χ1v) is 29.2. The fourth-order valence-electron chi connectivity index (χ4n) is 14.3. The Labute approximate surface area is 472 Å². The van der Waals surface area contributed by atoms with E-state index in [0.717, 1.165) is 58.0 Å². The summed E-state index contributed by atoms with van der Waals surface area (Å²) >= 11 is 0. The van der Waals surface area contributed by atoms with Gasteiger partial charge in [-0.15, -0.1) is 0 Å². The van der Waals surface area contributed by atoms with Gasteiger partial charge < -0.3 is 23.0 Å². The van der Waals surface area contributed by atoms with Gasteiger partial charge in [0, 0.05) is 78.3 Å².